The minimum atomic E-state index is -0.593. The van der Waals surface area contributed by atoms with E-state index in [1.54, 1.807) is 24.3 Å². The van der Waals surface area contributed by atoms with Gasteiger partial charge in [0.1, 0.15) is 12.4 Å². The molecule has 6 nitrogen and oxygen atoms in total. The van der Waals surface area contributed by atoms with E-state index in [-0.39, 0.29) is 22.9 Å². The van der Waals surface area contributed by atoms with Crippen LogP contribution in [0, 0.1) is 22.5 Å². The Kier molecular flexibility index (Phi) is 5.18. The van der Waals surface area contributed by atoms with Gasteiger partial charge in [-0.3, -0.25) is 14.9 Å². The van der Waals surface area contributed by atoms with Crippen LogP contribution in [-0.4, -0.2) is 17.4 Å². The van der Waals surface area contributed by atoms with Crippen molar-refractivity contribution in [2.75, 3.05) is 11.9 Å². The van der Waals surface area contributed by atoms with Crippen molar-refractivity contribution in [2.24, 2.45) is 0 Å². The van der Waals surface area contributed by atoms with Crippen LogP contribution in [0.5, 0.6) is 5.75 Å². The van der Waals surface area contributed by atoms with Crippen molar-refractivity contribution in [1.29, 1.82) is 0 Å². The van der Waals surface area contributed by atoms with E-state index in [0.717, 1.165) is 6.07 Å². The number of non-ortho nitro benzene ring substituents is 1. The zero-order valence-corrected chi connectivity index (χ0v) is 12.5. The van der Waals surface area contributed by atoms with Gasteiger partial charge in [0, 0.05) is 17.8 Å². The molecule has 116 valence electrons. The average molecular weight is 331 g/mol. The summed E-state index contributed by atoms with van der Waals surface area (Å²) in [6.07, 6.45) is 5.09. The lowest BCUT2D eigenvalue weighted by Crippen LogP contribution is -2.12. The highest BCUT2D eigenvalue weighted by atomic mass is 35.5. The van der Waals surface area contributed by atoms with Crippen LogP contribution in [0.4, 0.5) is 11.4 Å². The Morgan fingerprint density at radius 3 is 2.61 bits per heavy atom. The van der Waals surface area contributed by atoms with Crippen LogP contribution in [0.1, 0.15) is 10.4 Å². The van der Waals surface area contributed by atoms with Gasteiger partial charge < -0.3 is 10.1 Å². The van der Waals surface area contributed by atoms with Gasteiger partial charge in [0.25, 0.3) is 11.6 Å². The van der Waals surface area contributed by atoms with E-state index < -0.39 is 10.8 Å². The number of carbonyl (C=O) groups excluding carboxylic acids is 1. The van der Waals surface area contributed by atoms with Gasteiger partial charge in [-0.1, -0.05) is 17.5 Å². The molecule has 0 atom stereocenters. The average Bonchev–Trinajstić information content (AvgIpc) is 2.54. The number of benzene rings is 2. The Bertz CT molecular complexity index is 782. The van der Waals surface area contributed by atoms with E-state index in [0.29, 0.717) is 11.4 Å². The second kappa shape index (κ2) is 7.29. The van der Waals surface area contributed by atoms with Crippen molar-refractivity contribution in [3.05, 3.63) is 63.2 Å². The number of amides is 1. The van der Waals surface area contributed by atoms with Crippen molar-refractivity contribution in [3.63, 3.8) is 0 Å². The molecular weight excluding hydrogens is 320 g/mol. The number of nitro groups is 1. The molecule has 7 heteroatoms. The van der Waals surface area contributed by atoms with Crippen LogP contribution in [-0.2, 0) is 0 Å². The highest BCUT2D eigenvalue weighted by Gasteiger charge is 2.16. The van der Waals surface area contributed by atoms with Gasteiger partial charge in [-0.25, -0.2) is 0 Å². The summed E-state index contributed by atoms with van der Waals surface area (Å²) in [5.74, 6) is 2.36. The monoisotopic (exact) mass is 330 g/mol. The smallest absolute Gasteiger partial charge is 0.270 e. The molecule has 0 aromatic heterocycles. The highest BCUT2D eigenvalue weighted by Crippen LogP contribution is 2.23. The zero-order chi connectivity index (χ0) is 16.8. The van der Waals surface area contributed by atoms with Crippen molar-refractivity contribution in [2.45, 2.75) is 0 Å². The number of rotatable bonds is 5. The third-order valence-corrected chi connectivity index (χ3v) is 3.17. The topological polar surface area (TPSA) is 81.5 Å². The molecule has 0 heterocycles. The molecule has 0 radical (unpaired) electrons. The molecule has 0 aliphatic heterocycles. The molecular formula is C16H11ClN2O4. The van der Waals surface area contributed by atoms with Crippen molar-refractivity contribution in [3.8, 4) is 18.1 Å². The van der Waals surface area contributed by atoms with E-state index in [2.05, 4.69) is 11.2 Å². The van der Waals surface area contributed by atoms with Crippen molar-refractivity contribution < 1.29 is 14.5 Å². The van der Waals surface area contributed by atoms with Gasteiger partial charge in [0.15, 0.2) is 0 Å². The van der Waals surface area contributed by atoms with Gasteiger partial charge in [-0.2, -0.15) is 0 Å². The number of carbonyl (C=O) groups is 1. The molecule has 0 unspecified atom stereocenters. The van der Waals surface area contributed by atoms with Gasteiger partial charge in [0.2, 0.25) is 0 Å². The van der Waals surface area contributed by atoms with Crippen LogP contribution < -0.4 is 10.1 Å². The minimum Gasteiger partial charge on any atom is -0.481 e. The summed E-state index contributed by atoms with van der Waals surface area (Å²) < 4.78 is 5.22. The summed E-state index contributed by atoms with van der Waals surface area (Å²) in [4.78, 5) is 22.4. The number of halogens is 1. The van der Waals surface area contributed by atoms with Crippen LogP contribution in [0.3, 0.4) is 0 Å². The zero-order valence-electron chi connectivity index (χ0n) is 11.8. The molecule has 23 heavy (non-hydrogen) atoms. The third-order valence-electron chi connectivity index (χ3n) is 2.84. The lowest BCUT2D eigenvalue weighted by atomic mass is 10.2. The summed E-state index contributed by atoms with van der Waals surface area (Å²) in [5, 5.41) is 13.5. The van der Waals surface area contributed by atoms with Crippen LogP contribution in [0.15, 0.2) is 42.5 Å². The van der Waals surface area contributed by atoms with E-state index in [9.17, 15) is 14.9 Å². The third kappa shape index (κ3) is 4.22. The number of hydrogen-bond donors (Lipinski definition) is 1. The van der Waals surface area contributed by atoms with Crippen LogP contribution >= 0.6 is 11.6 Å². The molecule has 0 fully saturated rings. The molecule has 0 aliphatic carbocycles. The van der Waals surface area contributed by atoms with Crippen molar-refractivity contribution >= 4 is 28.9 Å². The number of terminal acetylenes is 1. The predicted octanol–water partition coefficient (Wildman–Crippen LogP) is 3.51. The number of ether oxygens (including phenoxy) is 1. The minimum absolute atomic E-state index is 0.0218. The fourth-order valence-corrected chi connectivity index (χ4v) is 1.96. The Morgan fingerprint density at radius 2 is 2.00 bits per heavy atom. The first-order valence-electron chi connectivity index (χ1n) is 6.43. The summed E-state index contributed by atoms with van der Waals surface area (Å²) >= 11 is 5.92. The standard InChI is InChI=1S/C16H11ClN2O4/c1-2-9-23-13-6-3-11(4-7-13)18-16(20)14-10-12(19(21)22)5-8-15(14)17/h1,3-8,10H,9H2,(H,18,20). The number of nitro benzene ring substituents is 1. The second-order valence-electron chi connectivity index (χ2n) is 4.39. The Balaban J connectivity index is 2.14. The number of nitrogens with zero attached hydrogens (tertiary/aromatic N) is 1. The molecule has 1 amide bonds. The summed E-state index contributed by atoms with van der Waals surface area (Å²) in [6.45, 7) is 0.148. The highest BCUT2D eigenvalue weighted by molar-refractivity contribution is 6.34. The van der Waals surface area contributed by atoms with E-state index >= 15 is 0 Å². The summed E-state index contributed by atoms with van der Waals surface area (Å²) in [6, 6.07) is 10.2. The SMILES string of the molecule is C#CCOc1ccc(NC(=O)c2cc([N+](=O)[O-])ccc2Cl)cc1. The predicted molar refractivity (Wildman–Crippen MR) is 86.8 cm³/mol. The van der Waals surface area contributed by atoms with E-state index in [1.165, 1.54) is 12.1 Å². The van der Waals surface area contributed by atoms with Gasteiger partial charge >= 0.3 is 0 Å². The van der Waals surface area contributed by atoms with E-state index in [4.69, 9.17) is 22.8 Å². The first-order valence-corrected chi connectivity index (χ1v) is 6.80. The molecule has 2 aromatic rings. The van der Waals surface area contributed by atoms with E-state index in [1.807, 2.05) is 0 Å². The summed E-state index contributed by atoms with van der Waals surface area (Å²) in [7, 11) is 0. The molecule has 1 N–H and O–H groups in total. The maximum atomic E-state index is 12.2. The maximum absolute atomic E-state index is 12.2. The fraction of sp³-hybridized carbons (Fsp3) is 0.0625. The lowest BCUT2D eigenvalue weighted by Gasteiger charge is -2.08. The van der Waals surface area contributed by atoms with Gasteiger partial charge in [0.05, 0.1) is 15.5 Å². The molecule has 0 saturated carbocycles. The number of nitrogens with one attached hydrogen (secondary N) is 1. The van der Waals surface area contributed by atoms with Crippen molar-refractivity contribution in [1.82, 2.24) is 0 Å². The summed E-state index contributed by atoms with van der Waals surface area (Å²) in [5.41, 5.74) is 0.303. The largest absolute Gasteiger partial charge is 0.481 e. The number of anilines is 1. The molecule has 2 rings (SSSR count). The fourth-order valence-electron chi connectivity index (χ4n) is 1.76. The first-order chi connectivity index (χ1) is 11.0. The molecule has 0 spiro atoms. The normalized spacial score (nSPS) is 9.74. The van der Waals surface area contributed by atoms with Crippen LogP contribution in [0.2, 0.25) is 5.02 Å². The Morgan fingerprint density at radius 1 is 1.30 bits per heavy atom. The molecule has 0 bridgehead atoms. The number of hydrogen-bond acceptors (Lipinski definition) is 4. The van der Waals surface area contributed by atoms with Gasteiger partial charge in [-0.05, 0) is 30.3 Å². The van der Waals surface area contributed by atoms with Gasteiger partial charge in [-0.15, -0.1) is 6.42 Å². The first kappa shape index (κ1) is 16.3. The molecule has 0 aliphatic rings. The Labute approximate surface area is 137 Å². The Hall–Kier alpha value is -3.04. The lowest BCUT2D eigenvalue weighted by molar-refractivity contribution is -0.384. The quantitative estimate of drug-likeness (QED) is 0.516. The maximum Gasteiger partial charge on any atom is 0.270 e. The molecule has 0 saturated heterocycles. The molecule has 2 aromatic carbocycles. The van der Waals surface area contributed by atoms with Crippen LogP contribution in [0.25, 0.3) is 0 Å². The second-order valence-corrected chi connectivity index (χ2v) is 4.80.